The fraction of sp³-hybridized carbons (Fsp3) is 0.364. The second-order valence-electron chi connectivity index (χ2n) is 3.90. The van der Waals surface area contributed by atoms with Crippen LogP contribution in [-0.2, 0) is 4.74 Å². The number of fused-ring (bicyclic) bond motifs is 1. The Morgan fingerprint density at radius 2 is 2.47 bits per heavy atom. The molecular formula is C11H13N3O. The van der Waals surface area contributed by atoms with E-state index in [1.54, 1.807) is 0 Å². The molecule has 0 saturated carbocycles. The van der Waals surface area contributed by atoms with Crippen molar-refractivity contribution in [3.8, 4) is 0 Å². The molecule has 0 bridgehead atoms. The highest BCUT2D eigenvalue weighted by Gasteiger charge is 2.22. The lowest BCUT2D eigenvalue weighted by molar-refractivity contribution is 0.193. The largest absolute Gasteiger partial charge is 0.397 e. The van der Waals surface area contributed by atoms with Crippen LogP contribution < -0.4 is 5.73 Å². The summed E-state index contributed by atoms with van der Waals surface area (Å²) in [6.07, 6.45) is 4.89. The molecule has 1 aliphatic rings. The van der Waals surface area contributed by atoms with Gasteiger partial charge in [0, 0.05) is 18.7 Å². The highest BCUT2D eigenvalue weighted by molar-refractivity contribution is 5.68. The van der Waals surface area contributed by atoms with Crippen LogP contribution in [-0.4, -0.2) is 22.6 Å². The van der Waals surface area contributed by atoms with Crippen LogP contribution in [0.5, 0.6) is 0 Å². The molecule has 1 saturated heterocycles. The second kappa shape index (κ2) is 3.24. The van der Waals surface area contributed by atoms with Gasteiger partial charge in [-0.1, -0.05) is 0 Å². The molecule has 4 nitrogen and oxygen atoms in total. The molecule has 2 N–H and O–H groups in total. The van der Waals surface area contributed by atoms with Gasteiger partial charge in [0.2, 0.25) is 0 Å². The molecule has 3 heterocycles. The van der Waals surface area contributed by atoms with E-state index in [9.17, 15) is 0 Å². The summed E-state index contributed by atoms with van der Waals surface area (Å²) in [5.74, 6) is 1.48. The zero-order valence-corrected chi connectivity index (χ0v) is 8.39. The number of nitrogens with two attached hydrogens (primary N) is 1. The maximum atomic E-state index is 5.88. The first kappa shape index (κ1) is 8.73. The Labute approximate surface area is 87.7 Å². The lowest BCUT2D eigenvalue weighted by Gasteiger charge is -2.06. The van der Waals surface area contributed by atoms with Gasteiger partial charge in [0.1, 0.15) is 5.82 Å². The minimum Gasteiger partial charge on any atom is -0.397 e. The molecule has 1 atom stereocenters. The Morgan fingerprint density at radius 3 is 3.27 bits per heavy atom. The number of anilines is 1. The highest BCUT2D eigenvalue weighted by atomic mass is 16.5. The molecule has 0 radical (unpaired) electrons. The molecule has 78 valence electrons. The van der Waals surface area contributed by atoms with Crippen LogP contribution in [0.25, 0.3) is 5.52 Å². The maximum absolute atomic E-state index is 5.88. The zero-order valence-electron chi connectivity index (χ0n) is 8.39. The average molecular weight is 203 g/mol. The molecule has 0 spiro atoms. The number of ether oxygens (including phenoxy) is 1. The first-order valence-corrected chi connectivity index (χ1v) is 5.15. The molecule has 0 aliphatic carbocycles. The fourth-order valence-corrected chi connectivity index (χ4v) is 2.10. The summed E-state index contributed by atoms with van der Waals surface area (Å²) >= 11 is 0. The van der Waals surface area contributed by atoms with Crippen molar-refractivity contribution in [1.29, 1.82) is 0 Å². The van der Waals surface area contributed by atoms with Crippen molar-refractivity contribution >= 4 is 11.2 Å². The van der Waals surface area contributed by atoms with Crippen molar-refractivity contribution in [2.45, 2.75) is 12.3 Å². The lowest BCUT2D eigenvalue weighted by Crippen LogP contribution is -2.04. The van der Waals surface area contributed by atoms with Gasteiger partial charge in [-0.25, -0.2) is 4.98 Å². The quantitative estimate of drug-likeness (QED) is 0.762. The van der Waals surface area contributed by atoms with E-state index in [4.69, 9.17) is 10.5 Å². The topological polar surface area (TPSA) is 52.5 Å². The Bertz CT molecular complexity index is 486. The van der Waals surface area contributed by atoms with Crippen LogP contribution in [0.15, 0.2) is 24.5 Å². The summed E-state index contributed by atoms with van der Waals surface area (Å²) in [6, 6.07) is 3.84. The third-order valence-corrected chi connectivity index (χ3v) is 2.93. The number of imidazole rings is 1. The number of nitrogen functional groups attached to an aromatic ring is 1. The van der Waals surface area contributed by atoms with Gasteiger partial charge in [-0.05, 0) is 18.6 Å². The third kappa shape index (κ3) is 1.29. The van der Waals surface area contributed by atoms with Gasteiger partial charge < -0.3 is 14.9 Å². The normalized spacial score (nSPS) is 21.2. The van der Waals surface area contributed by atoms with Crippen molar-refractivity contribution in [3.63, 3.8) is 0 Å². The average Bonchev–Trinajstić information content (AvgIpc) is 2.85. The van der Waals surface area contributed by atoms with Crippen molar-refractivity contribution in [3.05, 3.63) is 30.4 Å². The molecular weight excluding hydrogens is 190 g/mol. The monoisotopic (exact) mass is 203 g/mol. The van der Waals surface area contributed by atoms with Crippen LogP contribution in [0.1, 0.15) is 18.2 Å². The van der Waals surface area contributed by atoms with Crippen LogP contribution in [0, 0.1) is 0 Å². The summed E-state index contributed by atoms with van der Waals surface area (Å²) in [6.45, 7) is 1.61. The van der Waals surface area contributed by atoms with E-state index in [1.165, 1.54) is 0 Å². The summed E-state index contributed by atoms with van der Waals surface area (Å²) in [5.41, 5.74) is 7.63. The fourth-order valence-electron chi connectivity index (χ4n) is 2.10. The van der Waals surface area contributed by atoms with Crippen molar-refractivity contribution in [1.82, 2.24) is 9.38 Å². The number of pyridine rings is 1. The molecule has 2 aromatic rings. The van der Waals surface area contributed by atoms with Crippen molar-refractivity contribution in [2.24, 2.45) is 0 Å². The molecule has 0 aromatic carbocycles. The second-order valence-corrected chi connectivity index (χ2v) is 3.90. The van der Waals surface area contributed by atoms with Crippen LogP contribution in [0.2, 0.25) is 0 Å². The lowest BCUT2D eigenvalue weighted by atomic mass is 10.1. The van der Waals surface area contributed by atoms with Gasteiger partial charge in [0.05, 0.1) is 24.0 Å². The molecule has 3 rings (SSSR count). The zero-order chi connectivity index (χ0) is 10.3. The standard InChI is InChI=1S/C11H13N3O/c12-9-2-1-4-14-10(9)6-13-11(14)8-3-5-15-7-8/h1-2,4,6,8H,3,5,7,12H2. The van der Waals surface area contributed by atoms with Gasteiger partial charge in [-0.15, -0.1) is 0 Å². The van der Waals surface area contributed by atoms with E-state index < -0.39 is 0 Å². The van der Waals surface area contributed by atoms with Gasteiger partial charge in [-0.2, -0.15) is 0 Å². The number of hydrogen-bond acceptors (Lipinski definition) is 3. The molecule has 2 aromatic heterocycles. The Hall–Kier alpha value is -1.55. The molecule has 1 aliphatic heterocycles. The van der Waals surface area contributed by atoms with E-state index in [1.807, 2.05) is 24.5 Å². The summed E-state index contributed by atoms with van der Waals surface area (Å²) < 4.78 is 7.44. The van der Waals surface area contributed by atoms with Crippen molar-refractivity contribution in [2.75, 3.05) is 18.9 Å². The van der Waals surface area contributed by atoms with Gasteiger partial charge in [-0.3, -0.25) is 0 Å². The van der Waals surface area contributed by atoms with Crippen LogP contribution in [0.3, 0.4) is 0 Å². The highest BCUT2D eigenvalue weighted by Crippen LogP contribution is 2.26. The van der Waals surface area contributed by atoms with Gasteiger partial charge >= 0.3 is 0 Å². The van der Waals surface area contributed by atoms with Crippen molar-refractivity contribution < 1.29 is 4.74 Å². The molecule has 15 heavy (non-hydrogen) atoms. The van der Waals surface area contributed by atoms with E-state index >= 15 is 0 Å². The number of aromatic nitrogens is 2. The van der Waals surface area contributed by atoms with Crippen LogP contribution in [0.4, 0.5) is 5.69 Å². The molecule has 4 heteroatoms. The third-order valence-electron chi connectivity index (χ3n) is 2.93. The minimum absolute atomic E-state index is 0.411. The minimum atomic E-state index is 0.411. The number of nitrogens with zero attached hydrogens (tertiary/aromatic N) is 2. The molecule has 0 amide bonds. The first-order chi connectivity index (χ1) is 7.36. The van der Waals surface area contributed by atoms with E-state index in [0.717, 1.165) is 36.7 Å². The van der Waals surface area contributed by atoms with Crippen LogP contribution >= 0.6 is 0 Å². The molecule has 1 unspecified atom stereocenters. The predicted molar refractivity (Wildman–Crippen MR) is 57.8 cm³/mol. The Balaban J connectivity index is 2.15. The van der Waals surface area contributed by atoms with E-state index in [2.05, 4.69) is 9.38 Å². The predicted octanol–water partition coefficient (Wildman–Crippen LogP) is 1.42. The smallest absolute Gasteiger partial charge is 0.118 e. The van der Waals surface area contributed by atoms with E-state index in [0.29, 0.717) is 5.92 Å². The summed E-state index contributed by atoms with van der Waals surface area (Å²) in [4.78, 5) is 4.44. The first-order valence-electron chi connectivity index (χ1n) is 5.15. The number of rotatable bonds is 1. The number of hydrogen-bond donors (Lipinski definition) is 1. The van der Waals surface area contributed by atoms with E-state index in [-0.39, 0.29) is 0 Å². The maximum Gasteiger partial charge on any atom is 0.118 e. The Morgan fingerprint density at radius 1 is 1.53 bits per heavy atom. The Kier molecular flexibility index (Phi) is 1.89. The van der Waals surface area contributed by atoms with Gasteiger partial charge in [0.15, 0.2) is 0 Å². The summed E-state index contributed by atoms with van der Waals surface area (Å²) in [7, 11) is 0. The SMILES string of the molecule is Nc1cccn2c(C3CCOC3)ncc12. The summed E-state index contributed by atoms with van der Waals surface area (Å²) in [5, 5.41) is 0. The van der Waals surface area contributed by atoms with Gasteiger partial charge in [0.25, 0.3) is 0 Å². The molecule has 1 fully saturated rings.